The molecule has 2 aromatic heterocycles. The molecule has 8 heteroatoms. The van der Waals surface area contributed by atoms with Crippen LogP contribution in [0.2, 0.25) is 0 Å². The van der Waals surface area contributed by atoms with Crippen LogP contribution >= 0.6 is 11.5 Å². The molecular weight excluding hydrogens is 254 g/mol. The highest BCUT2D eigenvalue weighted by Crippen LogP contribution is 2.31. The summed E-state index contributed by atoms with van der Waals surface area (Å²) in [5.74, 6) is 1.04. The molecule has 3 heterocycles. The molecule has 0 unspecified atom stereocenters. The van der Waals surface area contributed by atoms with Crippen molar-refractivity contribution >= 4 is 17.4 Å². The fourth-order valence-corrected chi connectivity index (χ4v) is 2.60. The molecule has 2 aromatic rings. The van der Waals surface area contributed by atoms with Crippen LogP contribution in [0.5, 0.6) is 0 Å². The zero-order valence-corrected chi connectivity index (χ0v) is 10.6. The zero-order valence-electron chi connectivity index (χ0n) is 9.74. The van der Waals surface area contributed by atoms with Gasteiger partial charge in [0.15, 0.2) is 5.82 Å². The molecule has 0 N–H and O–H groups in total. The number of hydrogen-bond acceptors (Lipinski definition) is 7. The molecule has 0 saturated carbocycles. The Kier molecular flexibility index (Phi) is 2.78. The van der Waals surface area contributed by atoms with Crippen LogP contribution in [0.3, 0.4) is 0 Å². The molecule has 0 spiro atoms. The lowest BCUT2D eigenvalue weighted by Gasteiger charge is -2.20. The van der Waals surface area contributed by atoms with Gasteiger partial charge in [-0.05, 0) is 24.4 Å². The fraction of sp³-hybridized carbons (Fsp3) is 0.500. The summed E-state index contributed by atoms with van der Waals surface area (Å²) in [6.07, 6.45) is 3.29. The molecule has 18 heavy (non-hydrogen) atoms. The first-order valence-electron chi connectivity index (χ1n) is 5.64. The number of likely N-dealkylation sites (tertiary alicyclic amines) is 1. The number of hydrogen-bond donors (Lipinski definition) is 0. The average Bonchev–Trinajstić information content (AvgIpc) is 3.09. The Morgan fingerprint density at radius 2 is 2.50 bits per heavy atom. The molecule has 0 aliphatic carbocycles. The van der Waals surface area contributed by atoms with Crippen molar-refractivity contribution in [2.45, 2.75) is 25.8 Å². The third kappa shape index (κ3) is 1.88. The summed E-state index contributed by atoms with van der Waals surface area (Å²) in [5.41, 5.74) is 0. The first-order valence-corrected chi connectivity index (χ1v) is 6.41. The number of rotatable bonds is 2. The Labute approximate surface area is 107 Å². The molecule has 1 fully saturated rings. The van der Waals surface area contributed by atoms with Crippen molar-refractivity contribution in [2.75, 3.05) is 6.54 Å². The molecule has 1 aliphatic heterocycles. The number of aryl methyl sites for hydroxylation is 1. The molecule has 1 amide bonds. The number of carbonyl (C=O) groups excluding carboxylic acids is 1. The highest BCUT2D eigenvalue weighted by atomic mass is 32.1. The SMILES string of the molecule is Cc1nc([C@H]2CCCN2C(=O)c2cnns2)no1. The minimum Gasteiger partial charge on any atom is -0.340 e. The first kappa shape index (κ1) is 11.3. The minimum absolute atomic E-state index is 0.0602. The maximum absolute atomic E-state index is 12.3. The first-order chi connectivity index (χ1) is 8.75. The van der Waals surface area contributed by atoms with Crippen molar-refractivity contribution < 1.29 is 9.32 Å². The van der Waals surface area contributed by atoms with Gasteiger partial charge in [-0.25, -0.2) is 0 Å². The van der Waals surface area contributed by atoms with Crippen LogP contribution in [-0.4, -0.2) is 37.1 Å². The van der Waals surface area contributed by atoms with Gasteiger partial charge in [-0.2, -0.15) is 4.98 Å². The predicted octanol–water partition coefficient (Wildman–Crippen LogP) is 1.21. The van der Waals surface area contributed by atoms with Gasteiger partial charge < -0.3 is 9.42 Å². The smallest absolute Gasteiger partial charge is 0.267 e. The molecule has 94 valence electrons. The molecule has 3 rings (SSSR count). The van der Waals surface area contributed by atoms with Crippen LogP contribution in [0.25, 0.3) is 0 Å². The van der Waals surface area contributed by atoms with Gasteiger partial charge in [0, 0.05) is 13.5 Å². The number of aromatic nitrogens is 4. The topological polar surface area (TPSA) is 85.0 Å². The fourth-order valence-electron chi connectivity index (χ4n) is 2.13. The normalized spacial score (nSPS) is 19.4. The molecule has 1 atom stereocenters. The Hall–Kier alpha value is -1.83. The van der Waals surface area contributed by atoms with Crippen molar-refractivity contribution in [1.82, 2.24) is 24.6 Å². The molecule has 0 radical (unpaired) electrons. The maximum Gasteiger partial charge on any atom is 0.267 e. The third-order valence-electron chi connectivity index (χ3n) is 2.93. The van der Waals surface area contributed by atoms with Crippen molar-refractivity contribution in [1.29, 1.82) is 0 Å². The van der Waals surface area contributed by atoms with E-state index in [0.29, 0.717) is 23.1 Å². The van der Waals surface area contributed by atoms with E-state index < -0.39 is 0 Å². The minimum atomic E-state index is -0.1000. The Morgan fingerprint density at radius 3 is 3.17 bits per heavy atom. The zero-order chi connectivity index (χ0) is 12.5. The van der Waals surface area contributed by atoms with Gasteiger partial charge in [-0.15, -0.1) is 5.10 Å². The van der Waals surface area contributed by atoms with Gasteiger partial charge >= 0.3 is 0 Å². The largest absolute Gasteiger partial charge is 0.340 e. The average molecular weight is 265 g/mol. The summed E-state index contributed by atoms with van der Waals surface area (Å²) >= 11 is 1.10. The summed E-state index contributed by atoms with van der Waals surface area (Å²) < 4.78 is 8.69. The van der Waals surface area contributed by atoms with Gasteiger partial charge in [0.2, 0.25) is 5.89 Å². The lowest BCUT2D eigenvalue weighted by molar-refractivity contribution is 0.0733. The van der Waals surface area contributed by atoms with E-state index in [2.05, 4.69) is 19.7 Å². The van der Waals surface area contributed by atoms with E-state index in [0.717, 1.165) is 24.4 Å². The van der Waals surface area contributed by atoms with Gasteiger partial charge in [-0.3, -0.25) is 4.79 Å². The van der Waals surface area contributed by atoms with Gasteiger partial charge in [0.1, 0.15) is 4.88 Å². The molecule has 7 nitrogen and oxygen atoms in total. The standard InChI is InChI=1S/C10H11N5O2S/c1-6-12-9(13-17-6)7-3-2-4-15(7)10(16)8-5-11-14-18-8/h5,7H,2-4H2,1H3/t7-/m1/s1. The lowest BCUT2D eigenvalue weighted by Crippen LogP contribution is -2.30. The molecule has 0 aromatic carbocycles. The van der Waals surface area contributed by atoms with Crippen molar-refractivity contribution in [3.05, 3.63) is 22.8 Å². The van der Waals surface area contributed by atoms with E-state index in [-0.39, 0.29) is 11.9 Å². The van der Waals surface area contributed by atoms with Crippen LogP contribution in [0.4, 0.5) is 0 Å². The summed E-state index contributed by atoms with van der Waals surface area (Å²) in [6.45, 7) is 2.44. The Morgan fingerprint density at radius 1 is 1.61 bits per heavy atom. The monoisotopic (exact) mass is 265 g/mol. The van der Waals surface area contributed by atoms with E-state index in [9.17, 15) is 4.79 Å². The van der Waals surface area contributed by atoms with Crippen LogP contribution in [0.15, 0.2) is 10.7 Å². The summed E-state index contributed by atoms with van der Waals surface area (Å²) in [7, 11) is 0. The Bertz CT molecular complexity index is 552. The summed E-state index contributed by atoms with van der Waals surface area (Å²) in [6, 6.07) is -0.1000. The quantitative estimate of drug-likeness (QED) is 0.811. The van der Waals surface area contributed by atoms with Crippen molar-refractivity contribution in [3.63, 3.8) is 0 Å². The van der Waals surface area contributed by atoms with Crippen LogP contribution < -0.4 is 0 Å². The van der Waals surface area contributed by atoms with E-state index in [4.69, 9.17) is 4.52 Å². The lowest BCUT2D eigenvalue weighted by atomic mass is 10.2. The summed E-state index contributed by atoms with van der Waals surface area (Å²) in [5, 5.41) is 7.59. The van der Waals surface area contributed by atoms with Gasteiger partial charge in [0.25, 0.3) is 5.91 Å². The molecule has 1 aliphatic rings. The Balaban J connectivity index is 1.85. The van der Waals surface area contributed by atoms with E-state index in [1.807, 2.05) is 0 Å². The molecular formula is C10H11N5O2S. The van der Waals surface area contributed by atoms with Crippen LogP contribution in [0.1, 0.15) is 40.3 Å². The van der Waals surface area contributed by atoms with Crippen LogP contribution in [0, 0.1) is 6.92 Å². The van der Waals surface area contributed by atoms with Crippen molar-refractivity contribution in [3.8, 4) is 0 Å². The van der Waals surface area contributed by atoms with E-state index in [1.54, 1.807) is 11.8 Å². The molecule has 0 bridgehead atoms. The maximum atomic E-state index is 12.3. The number of carbonyl (C=O) groups is 1. The number of amides is 1. The van der Waals surface area contributed by atoms with Crippen molar-refractivity contribution in [2.24, 2.45) is 0 Å². The predicted molar refractivity (Wildman–Crippen MR) is 62.0 cm³/mol. The van der Waals surface area contributed by atoms with Crippen LogP contribution in [-0.2, 0) is 0 Å². The third-order valence-corrected chi connectivity index (χ3v) is 3.58. The second-order valence-corrected chi connectivity index (χ2v) is 4.90. The van der Waals surface area contributed by atoms with Gasteiger partial charge in [-0.1, -0.05) is 9.64 Å². The highest BCUT2D eigenvalue weighted by Gasteiger charge is 2.34. The molecule has 1 saturated heterocycles. The van der Waals surface area contributed by atoms with E-state index >= 15 is 0 Å². The van der Waals surface area contributed by atoms with E-state index in [1.165, 1.54) is 6.20 Å². The summed E-state index contributed by atoms with van der Waals surface area (Å²) in [4.78, 5) is 18.8. The highest BCUT2D eigenvalue weighted by molar-refractivity contribution is 7.07. The van der Waals surface area contributed by atoms with Gasteiger partial charge in [0.05, 0.1) is 12.2 Å². The second kappa shape index (κ2) is 4.45. The second-order valence-electron chi connectivity index (χ2n) is 4.11. The number of nitrogens with zero attached hydrogens (tertiary/aromatic N) is 5.